The molecule has 1 aliphatic rings. The van der Waals surface area contributed by atoms with Crippen LogP contribution in [-0.2, 0) is 14.3 Å². The summed E-state index contributed by atoms with van der Waals surface area (Å²) in [6.45, 7) is 8.96. The maximum Gasteiger partial charge on any atom is 0.290 e. The molecule has 1 amide bonds. The number of aliphatic hydroxyl groups is 1. The van der Waals surface area contributed by atoms with Crippen LogP contribution in [0, 0.1) is 17.3 Å². The number of carbonyl (C=O) groups excluding carboxylic acids is 1. The Balaban J connectivity index is 2.27. The number of carbonyl (C=O) groups is 1. The molecule has 0 bridgehead atoms. The second-order valence-electron chi connectivity index (χ2n) is 7.59. The van der Waals surface area contributed by atoms with Crippen LogP contribution in [0.5, 0.6) is 0 Å². The third-order valence-electron chi connectivity index (χ3n) is 4.55. The van der Waals surface area contributed by atoms with E-state index >= 15 is 0 Å². The molecule has 0 aliphatic carbocycles. The zero-order valence-corrected chi connectivity index (χ0v) is 16.1. The number of pyridine rings is 1. The molecule has 0 unspecified atom stereocenters. The first-order valence-corrected chi connectivity index (χ1v) is 9.19. The van der Waals surface area contributed by atoms with E-state index in [1.54, 1.807) is 24.5 Å². The van der Waals surface area contributed by atoms with Gasteiger partial charge in [-0.1, -0.05) is 20.8 Å². The summed E-state index contributed by atoms with van der Waals surface area (Å²) in [7, 11) is 0. The Morgan fingerprint density at radius 1 is 1.42 bits per heavy atom. The number of hydrogen-bond donors (Lipinski definition) is 2. The molecule has 1 aromatic rings. The van der Waals surface area contributed by atoms with Crippen LogP contribution in [-0.4, -0.2) is 35.5 Å². The molecule has 2 rings (SSSR count). The topological polar surface area (TPSA) is 80.7 Å². The fourth-order valence-corrected chi connectivity index (χ4v) is 3.32. The van der Waals surface area contributed by atoms with Crippen molar-refractivity contribution in [3.05, 3.63) is 36.4 Å². The van der Waals surface area contributed by atoms with E-state index in [-0.39, 0.29) is 35.5 Å². The van der Waals surface area contributed by atoms with E-state index in [9.17, 15) is 9.90 Å². The summed E-state index contributed by atoms with van der Waals surface area (Å²) in [4.78, 5) is 16.7. The molecule has 26 heavy (non-hydrogen) atoms. The molecule has 6 heteroatoms. The lowest BCUT2D eigenvalue weighted by Gasteiger charge is -2.42. The first-order valence-electron chi connectivity index (χ1n) is 9.19. The summed E-state index contributed by atoms with van der Waals surface area (Å²) in [5.74, 6) is 0.135. The Labute approximate surface area is 155 Å². The molecule has 0 saturated carbocycles. The molecule has 1 aromatic heterocycles. The number of ether oxygens (including phenoxy) is 2. The first-order chi connectivity index (χ1) is 12.4. The van der Waals surface area contributed by atoms with Crippen LogP contribution >= 0.6 is 0 Å². The summed E-state index contributed by atoms with van der Waals surface area (Å²) in [6.07, 6.45) is 6.09. The van der Waals surface area contributed by atoms with Crippen molar-refractivity contribution >= 4 is 11.6 Å². The highest BCUT2D eigenvalue weighted by atomic mass is 16.7. The van der Waals surface area contributed by atoms with E-state index < -0.39 is 6.29 Å². The molecule has 0 aromatic carbocycles. The van der Waals surface area contributed by atoms with Crippen LogP contribution in [0.1, 0.15) is 40.5 Å². The Kier molecular flexibility index (Phi) is 7.17. The van der Waals surface area contributed by atoms with Gasteiger partial charge in [0.15, 0.2) is 5.76 Å². The molecule has 144 valence electrons. The van der Waals surface area contributed by atoms with Crippen molar-refractivity contribution < 1.29 is 19.4 Å². The van der Waals surface area contributed by atoms with E-state index in [4.69, 9.17) is 9.47 Å². The lowest BCUT2D eigenvalue weighted by Crippen LogP contribution is -2.42. The van der Waals surface area contributed by atoms with Crippen molar-refractivity contribution in [3.63, 3.8) is 0 Å². The average molecular weight is 362 g/mol. The maximum atomic E-state index is 12.7. The summed E-state index contributed by atoms with van der Waals surface area (Å²) in [5, 5.41) is 12.1. The minimum atomic E-state index is -0.504. The molecule has 0 spiro atoms. The van der Waals surface area contributed by atoms with Gasteiger partial charge in [0.25, 0.3) is 5.91 Å². The third-order valence-corrected chi connectivity index (χ3v) is 4.55. The van der Waals surface area contributed by atoms with Gasteiger partial charge in [0, 0.05) is 25.3 Å². The van der Waals surface area contributed by atoms with Gasteiger partial charge in [0.2, 0.25) is 6.29 Å². The number of aliphatic hydroxyl groups excluding tert-OH is 1. The summed E-state index contributed by atoms with van der Waals surface area (Å²) in [5.41, 5.74) is 0.545. The summed E-state index contributed by atoms with van der Waals surface area (Å²) >= 11 is 0. The zero-order chi connectivity index (χ0) is 19.2. The van der Waals surface area contributed by atoms with Gasteiger partial charge in [-0.3, -0.25) is 9.78 Å². The van der Waals surface area contributed by atoms with E-state index in [0.29, 0.717) is 18.7 Å². The SMILES string of the molecule is CCO[C@@H]1OC(C(=O)Nc2cccnc2)=C[C@H](C(C)(C)C)[C@H]1CCCO. The smallest absolute Gasteiger partial charge is 0.290 e. The third kappa shape index (κ3) is 5.29. The molecule has 2 N–H and O–H groups in total. The van der Waals surface area contributed by atoms with E-state index in [2.05, 4.69) is 31.1 Å². The molecule has 0 saturated heterocycles. The molecule has 6 nitrogen and oxygen atoms in total. The minimum Gasteiger partial charge on any atom is -0.459 e. The predicted molar refractivity (Wildman–Crippen MR) is 100 cm³/mol. The summed E-state index contributed by atoms with van der Waals surface area (Å²) in [6, 6.07) is 3.54. The number of anilines is 1. The van der Waals surface area contributed by atoms with Crippen molar-refractivity contribution in [2.75, 3.05) is 18.5 Å². The number of nitrogens with zero attached hydrogens (tertiary/aromatic N) is 1. The highest BCUT2D eigenvalue weighted by molar-refractivity contribution is 6.02. The molecule has 0 radical (unpaired) electrons. The molecule has 0 fully saturated rings. The molecule has 1 aliphatic heterocycles. The number of rotatable bonds is 7. The Morgan fingerprint density at radius 3 is 2.77 bits per heavy atom. The number of allylic oxidation sites excluding steroid dienone is 1. The number of hydrogen-bond acceptors (Lipinski definition) is 5. The van der Waals surface area contributed by atoms with Gasteiger partial charge in [-0.25, -0.2) is 0 Å². The second kappa shape index (κ2) is 9.14. The van der Waals surface area contributed by atoms with Gasteiger partial charge in [-0.15, -0.1) is 0 Å². The van der Waals surface area contributed by atoms with Gasteiger partial charge in [-0.2, -0.15) is 0 Å². The van der Waals surface area contributed by atoms with Gasteiger partial charge in [0.1, 0.15) is 0 Å². The Bertz CT molecular complexity index is 610. The first kappa shape index (κ1) is 20.4. The zero-order valence-electron chi connectivity index (χ0n) is 16.1. The Morgan fingerprint density at radius 2 is 2.19 bits per heavy atom. The van der Waals surface area contributed by atoms with Crippen LogP contribution in [0.15, 0.2) is 36.4 Å². The quantitative estimate of drug-likeness (QED) is 0.777. The molecule has 2 heterocycles. The van der Waals surface area contributed by atoms with Gasteiger partial charge < -0.3 is 19.9 Å². The van der Waals surface area contributed by atoms with Gasteiger partial charge in [0.05, 0.1) is 11.9 Å². The maximum absolute atomic E-state index is 12.7. The number of aromatic nitrogens is 1. The van der Waals surface area contributed by atoms with Crippen LogP contribution in [0.4, 0.5) is 5.69 Å². The van der Waals surface area contributed by atoms with Crippen molar-refractivity contribution in [3.8, 4) is 0 Å². The van der Waals surface area contributed by atoms with Gasteiger partial charge in [-0.05, 0) is 49.3 Å². The molecular formula is C20H30N2O4. The molecular weight excluding hydrogens is 332 g/mol. The van der Waals surface area contributed by atoms with Crippen LogP contribution in [0.3, 0.4) is 0 Å². The van der Waals surface area contributed by atoms with Crippen molar-refractivity contribution in [1.29, 1.82) is 0 Å². The van der Waals surface area contributed by atoms with Crippen molar-refractivity contribution in [1.82, 2.24) is 4.98 Å². The predicted octanol–water partition coefficient (Wildman–Crippen LogP) is 3.35. The second-order valence-corrected chi connectivity index (χ2v) is 7.59. The van der Waals surface area contributed by atoms with Crippen molar-refractivity contribution in [2.45, 2.75) is 46.8 Å². The number of nitrogens with one attached hydrogen (secondary N) is 1. The fourth-order valence-electron chi connectivity index (χ4n) is 3.32. The fraction of sp³-hybridized carbons (Fsp3) is 0.600. The minimum absolute atomic E-state index is 0.0704. The number of amides is 1. The monoisotopic (exact) mass is 362 g/mol. The lowest BCUT2D eigenvalue weighted by molar-refractivity contribution is -0.178. The standard InChI is InChI=1S/C20H30N2O4/c1-5-25-19-15(9-7-11-23)16(20(2,3)4)12-17(26-19)18(24)22-14-8-6-10-21-13-14/h6,8,10,12-13,15-16,19,23H,5,7,9,11H2,1-4H3,(H,22,24)/t15-,16+,19-/m1/s1. The van der Waals surface area contributed by atoms with E-state index in [0.717, 1.165) is 6.42 Å². The highest BCUT2D eigenvalue weighted by Crippen LogP contribution is 2.42. The van der Waals surface area contributed by atoms with Gasteiger partial charge >= 0.3 is 0 Å². The van der Waals surface area contributed by atoms with Crippen LogP contribution < -0.4 is 5.32 Å². The lowest BCUT2D eigenvalue weighted by atomic mass is 9.70. The highest BCUT2D eigenvalue weighted by Gasteiger charge is 2.42. The normalized spacial score (nSPS) is 23.1. The summed E-state index contributed by atoms with van der Waals surface area (Å²) < 4.78 is 11.7. The molecule has 3 atom stereocenters. The van der Waals surface area contributed by atoms with Crippen LogP contribution in [0.25, 0.3) is 0 Å². The van der Waals surface area contributed by atoms with Crippen LogP contribution in [0.2, 0.25) is 0 Å². The average Bonchev–Trinajstić information content (AvgIpc) is 2.60. The Hall–Kier alpha value is -1.92. The van der Waals surface area contributed by atoms with E-state index in [1.807, 2.05) is 13.0 Å². The van der Waals surface area contributed by atoms with Crippen molar-refractivity contribution in [2.24, 2.45) is 17.3 Å². The largest absolute Gasteiger partial charge is 0.459 e. The van der Waals surface area contributed by atoms with E-state index in [1.165, 1.54) is 0 Å².